The molecule has 0 aromatic carbocycles. The van der Waals surface area contributed by atoms with Crippen molar-refractivity contribution in [2.24, 2.45) is 0 Å². The topological polar surface area (TPSA) is 26.3 Å². The van der Waals surface area contributed by atoms with E-state index in [1.54, 1.807) is 34.4 Å². The minimum Gasteiger partial charge on any atom is -0.466 e. The molecule has 1 unspecified atom stereocenters. The summed E-state index contributed by atoms with van der Waals surface area (Å²) in [5.74, 6) is -0.266. The second-order valence-corrected chi connectivity index (χ2v) is 7.02. The van der Waals surface area contributed by atoms with Crippen molar-refractivity contribution in [2.45, 2.75) is 5.92 Å². The molecule has 0 spiro atoms. The average molecular weight is 320 g/mol. The van der Waals surface area contributed by atoms with E-state index in [1.807, 2.05) is 22.9 Å². The highest BCUT2D eigenvalue weighted by Gasteiger charge is 2.26. The maximum atomic E-state index is 11.9. The van der Waals surface area contributed by atoms with Gasteiger partial charge in [0.15, 0.2) is 0 Å². The molecule has 5 heteroatoms. The number of thiophene rings is 2. The van der Waals surface area contributed by atoms with Crippen LogP contribution in [0.5, 0.6) is 0 Å². The van der Waals surface area contributed by atoms with E-state index < -0.39 is 0 Å². The number of carbonyl (C=O) groups excluding carboxylic acids is 1. The zero-order valence-corrected chi connectivity index (χ0v) is 13.2. The third-order valence-electron chi connectivity index (χ3n) is 3.00. The van der Waals surface area contributed by atoms with E-state index in [0.717, 1.165) is 4.88 Å². The highest BCUT2D eigenvalue weighted by Crippen LogP contribution is 2.43. The molecule has 20 heavy (non-hydrogen) atoms. The Morgan fingerprint density at radius 3 is 2.65 bits per heavy atom. The molecule has 2 aromatic rings. The van der Waals surface area contributed by atoms with Crippen LogP contribution in [0.4, 0.5) is 0 Å². The summed E-state index contributed by atoms with van der Waals surface area (Å²) in [4.78, 5) is 15.5. The first-order valence-corrected chi connectivity index (χ1v) is 8.67. The fraction of sp³-hybridized carbons (Fsp3) is 0.133. The van der Waals surface area contributed by atoms with E-state index in [1.165, 1.54) is 16.9 Å². The molecule has 0 saturated heterocycles. The molecule has 3 heterocycles. The van der Waals surface area contributed by atoms with Crippen molar-refractivity contribution < 1.29 is 9.53 Å². The number of esters is 1. The van der Waals surface area contributed by atoms with Gasteiger partial charge >= 0.3 is 5.97 Å². The number of thioether (sulfide) groups is 1. The number of carbonyl (C=O) groups is 1. The maximum Gasteiger partial charge on any atom is 0.335 e. The third-order valence-corrected chi connectivity index (χ3v) is 5.97. The average Bonchev–Trinajstić information content (AvgIpc) is 3.18. The highest BCUT2D eigenvalue weighted by molar-refractivity contribution is 8.11. The Kier molecular flexibility index (Phi) is 4.10. The second kappa shape index (κ2) is 5.99. The van der Waals surface area contributed by atoms with Crippen LogP contribution in [0.3, 0.4) is 0 Å². The number of rotatable bonds is 3. The molecule has 1 aliphatic heterocycles. The molecule has 102 valence electrons. The van der Waals surface area contributed by atoms with Crippen molar-refractivity contribution in [1.29, 1.82) is 0 Å². The molecular weight excluding hydrogens is 308 g/mol. The van der Waals surface area contributed by atoms with Crippen molar-refractivity contribution in [3.63, 3.8) is 0 Å². The van der Waals surface area contributed by atoms with Gasteiger partial charge in [0, 0.05) is 20.6 Å². The number of allylic oxidation sites excluding steroid dienone is 1. The molecule has 0 saturated carbocycles. The summed E-state index contributed by atoms with van der Waals surface area (Å²) in [6.07, 6.45) is 2.16. The fourth-order valence-corrected chi connectivity index (χ4v) is 4.68. The summed E-state index contributed by atoms with van der Waals surface area (Å²) in [5.41, 5.74) is 0.709. The quantitative estimate of drug-likeness (QED) is 0.764. The maximum absolute atomic E-state index is 11.9. The summed E-state index contributed by atoms with van der Waals surface area (Å²) >= 11 is 4.96. The van der Waals surface area contributed by atoms with E-state index in [4.69, 9.17) is 4.74 Å². The first-order chi connectivity index (χ1) is 9.79. The summed E-state index contributed by atoms with van der Waals surface area (Å²) in [6, 6.07) is 8.22. The van der Waals surface area contributed by atoms with E-state index in [2.05, 4.69) is 23.6 Å². The minimum atomic E-state index is -0.252. The Bertz CT molecular complexity index is 651. The summed E-state index contributed by atoms with van der Waals surface area (Å²) in [5, 5.41) is 6.02. The van der Waals surface area contributed by atoms with Crippen LogP contribution in [0.1, 0.15) is 15.7 Å². The van der Waals surface area contributed by atoms with E-state index in [-0.39, 0.29) is 11.9 Å². The Hall–Kier alpha value is -1.30. The molecule has 2 aromatic heterocycles. The standard InChI is InChI=1S/C15H12O2S3/c1-17-15(16)11-9-20-14(13-5-3-7-19-13)8-10(11)12-4-2-6-18-12/h2-10H,1H3. The lowest BCUT2D eigenvalue weighted by molar-refractivity contribution is -0.136. The van der Waals surface area contributed by atoms with Crippen LogP contribution in [-0.4, -0.2) is 13.1 Å². The number of ether oxygens (including phenoxy) is 1. The van der Waals surface area contributed by atoms with Crippen LogP contribution in [0.2, 0.25) is 0 Å². The Morgan fingerprint density at radius 1 is 1.20 bits per heavy atom. The molecule has 0 bridgehead atoms. The van der Waals surface area contributed by atoms with E-state index in [0.29, 0.717) is 5.57 Å². The Balaban J connectivity index is 1.99. The van der Waals surface area contributed by atoms with Crippen LogP contribution < -0.4 is 0 Å². The summed E-state index contributed by atoms with van der Waals surface area (Å²) < 4.78 is 4.90. The first-order valence-electron chi connectivity index (χ1n) is 6.03. The molecule has 0 radical (unpaired) electrons. The SMILES string of the molecule is COC(=O)C1=CSC(c2cccs2)=CC1c1cccs1. The number of hydrogen-bond donors (Lipinski definition) is 0. The molecule has 0 fully saturated rings. The van der Waals surface area contributed by atoms with Gasteiger partial charge in [0.2, 0.25) is 0 Å². The molecule has 0 aliphatic carbocycles. The fourth-order valence-electron chi connectivity index (χ4n) is 2.04. The van der Waals surface area contributed by atoms with Crippen LogP contribution in [0, 0.1) is 0 Å². The zero-order valence-electron chi connectivity index (χ0n) is 10.7. The largest absolute Gasteiger partial charge is 0.466 e. The first kappa shape index (κ1) is 13.7. The van der Waals surface area contributed by atoms with Crippen LogP contribution in [0.25, 0.3) is 4.91 Å². The monoisotopic (exact) mass is 320 g/mol. The molecule has 2 nitrogen and oxygen atoms in total. The Labute approximate surface area is 129 Å². The van der Waals surface area contributed by atoms with Crippen LogP contribution in [-0.2, 0) is 9.53 Å². The van der Waals surface area contributed by atoms with Crippen molar-refractivity contribution in [3.8, 4) is 0 Å². The van der Waals surface area contributed by atoms with Crippen molar-refractivity contribution in [3.05, 3.63) is 61.8 Å². The van der Waals surface area contributed by atoms with Crippen molar-refractivity contribution in [1.82, 2.24) is 0 Å². The van der Waals surface area contributed by atoms with Crippen molar-refractivity contribution >= 4 is 45.3 Å². The minimum absolute atomic E-state index is 0.0131. The molecule has 0 N–H and O–H groups in total. The predicted molar refractivity (Wildman–Crippen MR) is 87.0 cm³/mol. The van der Waals surface area contributed by atoms with Gasteiger partial charge in [0.1, 0.15) is 0 Å². The molecular formula is C15H12O2S3. The molecule has 1 aliphatic rings. The molecule has 1 atom stereocenters. The normalized spacial score (nSPS) is 18.4. The molecule has 3 rings (SSSR count). The lowest BCUT2D eigenvalue weighted by Crippen LogP contribution is -2.13. The Morgan fingerprint density at radius 2 is 2.00 bits per heavy atom. The highest BCUT2D eigenvalue weighted by atomic mass is 32.2. The van der Waals surface area contributed by atoms with Gasteiger partial charge in [-0.15, -0.1) is 22.7 Å². The van der Waals surface area contributed by atoms with Gasteiger partial charge in [-0.3, -0.25) is 0 Å². The van der Waals surface area contributed by atoms with Crippen molar-refractivity contribution in [2.75, 3.05) is 7.11 Å². The summed E-state index contributed by atoms with van der Waals surface area (Å²) in [7, 11) is 1.43. The smallest absolute Gasteiger partial charge is 0.335 e. The van der Waals surface area contributed by atoms with Gasteiger partial charge in [0.25, 0.3) is 0 Å². The van der Waals surface area contributed by atoms with E-state index >= 15 is 0 Å². The molecule has 0 amide bonds. The van der Waals surface area contributed by atoms with Gasteiger partial charge in [-0.25, -0.2) is 4.79 Å². The van der Waals surface area contributed by atoms with Gasteiger partial charge in [0.05, 0.1) is 12.7 Å². The van der Waals surface area contributed by atoms with Crippen LogP contribution in [0.15, 0.2) is 52.1 Å². The van der Waals surface area contributed by atoms with Crippen LogP contribution >= 0.6 is 34.4 Å². The lowest BCUT2D eigenvalue weighted by atomic mass is 9.97. The summed E-state index contributed by atoms with van der Waals surface area (Å²) in [6.45, 7) is 0. The number of methoxy groups -OCH3 is 1. The third kappa shape index (κ3) is 2.61. The van der Waals surface area contributed by atoms with Gasteiger partial charge < -0.3 is 4.74 Å². The number of hydrogen-bond acceptors (Lipinski definition) is 5. The van der Waals surface area contributed by atoms with Gasteiger partial charge in [-0.1, -0.05) is 30.0 Å². The van der Waals surface area contributed by atoms with Gasteiger partial charge in [-0.2, -0.15) is 0 Å². The van der Waals surface area contributed by atoms with Gasteiger partial charge in [-0.05, 0) is 28.3 Å². The lowest BCUT2D eigenvalue weighted by Gasteiger charge is -2.20. The van der Waals surface area contributed by atoms with E-state index in [9.17, 15) is 4.79 Å². The predicted octanol–water partition coefficient (Wildman–Crippen LogP) is 4.74. The zero-order chi connectivity index (χ0) is 13.9. The second-order valence-electron chi connectivity index (χ2n) is 4.18.